The van der Waals surface area contributed by atoms with Crippen LogP contribution in [-0.4, -0.2) is 53.7 Å². The van der Waals surface area contributed by atoms with Crippen LogP contribution in [0.4, 0.5) is 5.69 Å². The second-order valence-electron chi connectivity index (χ2n) is 8.63. The SMILES string of the molecule is CCC(=O)N1CCCc2cc([C@@H](O)CN3CCC(COc4ccccn4)CC3)ccc21. The van der Waals surface area contributed by atoms with Crippen molar-refractivity contribution in [2.75, 3.05) is 37.7 Å². The fourth-order valence-electron chi connectivity index (χ4n) is 4.60. The van der Waals surface area contributed by atoms with Gasteiger partial charge in [-0.2, -0.15) is 0 Å². The second kappa shape index (κ2) is 10.2. The lowest BCUT2D eigenvalue weighted by atomic mass is 9.95. The van der Waals surface area contributed by atoms with Gasteiger partial charge in [0.05, 0.1) is 12.7 Å². The van der Waals surface area contributed by atoms with Gasteiger partial charge in [-0.15, -0.1) is 0 Å². The molecule has 2 aliphatic heterocycles. The van der Waals surface area contributed by atoms with Gasteiger partial charge in [0.1, 0.15) is 0 Å². The highest BCUT2D eigenvalue weighted by Crippen LogP contribution is 2.31. The number of carbonyl (C=O) groups excluding carboxylic acids is 1. The number of ether oxygens (including phenoxy) is 1. The number of likely N-dealkylation sites (tertiary alicyclic amines) is 1. The highest BCUT2D eigenvalue weighted by Gasteiger charge is 2.25. The number of amides is 1. The number of β-amino-alcohol motifs (C(OH)–C–C–N with tert-alkyl or cyclic N) is 1. The predicted octanol–water partition coefficient (Wildman–Crippen LogP) is 3.60. The van der Waals surface area contributed by atoms with E-state index in [-0.39, 0.29) is 5.91 Å². The molecule has 1 N–H and O–H groups in total. The number of aliphatic hydroxyl groups excluding tert-OH is 1. The molecule has 166 valence electrons. The van der Waals surface area contributed by atoms with Crippen LogP contribution in [0.15, 0.2) is 42.6 Å². The number of fused-ring (bicyclic) bond motifs is 1. The van der Waals surface area contributed by atoms with Gasteiger partial charge in [0.2, 0.25) is 11.8 Å². The third-order valence-electron chi connectivity index (χ3n) is 6.45. The van der Waals surface area contributed by atoms with Gasteiger partial charge in [0.25, 0.3) is 0 Å². The van der Waals surface area contributed by atoms with Gasteiger partial charge in [0, 0.05) is 37.5 Å². The first kappa shape index (κ1) is 21.8. The van der Waals surface area contributed by atoms with Gasteiger partial charge < -0.3 is 19.6 Å². The molecule has 1 atom stereocenters. The topological polar surface area (TPSA) is 65.9 Å². The minimum atomic E-state index is -0.510. The maximum absolute atomic E-state index is 12.2. The number of pyridine rings is 1. The first-order valence-electron chi connectivity index (χ1n) is 11.5. The first-order chi connectivity index (χ1) is 15.1. The van der Waals surface area contributed by atoms with Crippen LogP contribution in [0.2, 0.25) is 0 Å². The number of nitrogens with zero attached hydrogens (tertiary/aromatic N) is 3. The summed E-state index contributed by atoms with van der Waals surface area (Å²) in [5.41, 5.74) is 3.14. The van der Waals surface area contributed by atoms with Gasteiger partial charge in [-0.25, -0.2) is 4.98 Å². The molecule has 0 radical (unpaired) electrons. The van der Waals surface area contributed by atoms with Crippen molar-refractivity contribution in [1.82, 2.24) is 9.88 Å². The number of carbonyl (C=O) groups is 1. The van der Waals surface area contributed by atoms with E-state index in [0.717, 1.165) is 56.6 Å². The van der Waals surface area contributed by atoms with Crippen molar-refractivity contribution in [3.8, 4) is 5.88 Å². The fourth-order valence-corrected chi connectivity index (χ4v) is 4.60. The Labute approximate surface area is 184 Å². The number of anilines is 1. The molecular weight excluding hydrogens is 390 g/mol. The molecule has 1 fully saturated rings. The van der Waals surface area contributed by atoms with Gasteiger partial charge in [-0.3, -0.25) is 4.79 Å². The van der Waals surface area contributed by atoms with E-state index in [4.69, 9.17) is 4.74 Å². The Bertz CT molecular complexity index is 866. The summed E-state index contributed by atoms with van der Waals surface area (Å²) in [6.45, 7) is 5.98. The van der Waals surface area contributed by atoms with Gasteiger partial charge in [-0.1, -0.05) is 25.1 Å². The van der Waals surface area contributed by atoms with Crippen LogP contribution in [0.25, 0.3) is 0 Å². The molecule has 2 aliphatic rings. The van der Waals surface area contributed by atoms with Crippen LogP contribution in [-0.2, 0) is 11.2 Å². The Morgan fingerprint density at radius 3 is 2.81 bits per heavy atom. The molecule has 6 nitrogen and oxygen atoms in total. The number of hydrogen-bond donors (Lipinski definition) is 1. The average Bonchev–Trinajstić information content (AvgIpc) is 2.83. The fraction of sp³-hybridized carbons (Fsp3) is 0.520. The number of rotatable bonds is 7. The zero-order valence-corrected chi connectivity index (χ0v) is 18.4. The van der Waals surface area contributed by atoms with Crippen molar-refractivity contribution in [3.05, 3.63) is 53.7 Å². The Balaban J connectivity index is 1.28. The first-order valence-corrected chi connectivity index (χ1v) is 11.5. The number of piperidine rings is 1. The molecular formula is C25H33N3O3. The van der Waals surface area contributed by atoms with Crippen molar-refractivity contribution in [1.29, 1.82) is 0 Å². The number of benzene rings is 1. The summed E-state index contributed by atoms with van der Waals surface area (Å²) < 4.78 is 5.81. The van der Waals surface area contributed by atoms with E-state index in [1.165, 1.54) is 5.56 Å². The quantitative estimate of drug-likeness (QED) is 0.737. The summed E-state index contributed by atoms with van der Waals surface area (Å²) in [5, 5.41) is 10.9. The van der Waals surface area contributed by atoms with Crippen LogP contribution >= 0.6 is 0 Å². The minimum Gasteiger partial charge on any atom is -0.477 e. The monoisotopic (exact) mass is 423 g/mol. The molecule has 1 aromatic carbocycles. The van der Waals surface area contributed by atoms with E-state index in [1.807, 2.05) is 42.2 Å². The molecule has 2 aromatic rings. The van der Waals surface area contributed by atoms with Crippen molar-refractivity contribution in [3.63, 3.8) is 0 Å². The Morgan fingerprint density at radius 2 is 2.06 bits per heavy atom. The molecule has 6 heteroatoms. The number of hydrogen-bond acceptors (Lipinski definition) is 5. The molecule has 0 saturated carbocycles. The van der Waals surface area contributed by atoms with Crippen LogP contribution in [0.5, 0.6) is 5.88 Å². The number of aryl methyl sites for hydroxylation is 1. The zero-order valence-electron chi connectivity index (χ0n) is 18.4. The highest BCUT2D eigenvalue weighted by molar-refractivity contribution is 5.94. The standard InChI is InChI=1S/C25H33N3O3/c1-2-25(30)28-13-5-6-20-16-21(8-9-22(20)28)23(29)17-27-14-10-19(11-15-27)18-31-24-7-3-4-12-26-24/h3-4,7-9,12,16,19,23,29H,2,5-6,10-11,13-15,17-18H2,1H3/t23-/m0/s1. The Morgan fingerprint density at radius 1 is 1.23 bits per heavy atom. The molecule has 1 saturated heterocycles. The summed E-state index contributed by atoms with van der Waals surface area (Å²) in [6, 6.07) is 11.8. The van der Waals surface area contributed by atoms with Crippen molar-refractivity contribution in [2.24, 2.45) is 5.92 Å². The maximum Gasteiger partial charge on any atom is 0.226 e. The molecule has 1 amide bonds. The van der Waals surface area contributed by atoms with Crippen LogP contribution < -0.4 is 9.64 Å². The highest BCUT2D eigenvalue weighted by atomic mass is 16.5. The Hall–Kier alpha value is -2.44. The van der Waals surface area contributed by atoms with E-state index in [2.05, 4.69) is 16.0 Å². The van der Waals surface area contributed by atoms with E-state index in [1.54, 1.807) is 6.20 Å². The minimum absolute atomic E-state index is 0.171. The van der Waals surface area contributed by atoms with Gasteiger partial charge in [-0.05, 0) is 68.0 Å². The average molecular weight is 424 g/mol. The van der Waals surface area contributed by atoms with E-state index >= 15 is 0 Å². The smallest absolute Gasteiger partial charge is 0.226 e. The van der Waals surface area contributed by atoms with Crippen molar-refractivity contribution < 1.29 is 14.6 Å². The number of aliphatic hydroxyl groups is 1. The Kier molecular flexibility index (Phi) is 7.20. The van der Waals surface area contributed by atoms with E-state index in [0.29, 0.717) is 31.4 Å². The summed E-state index contributed by atoms with van der Waals surface area (Å²) in [6.07, 6.45) is 5.84. The normalized spacial score (nSPS) is 18.5. The molecule has 4 rings (SSSR count). The zero-order chi connectivity index (χ0) is 21.6. The largest absolute Gasteiger partial charge is 0.477 e. The molecule has 0 spiro atoms. The molecule has 0 aliphatic carbocycles. The lowest BCUT2D eigenvalue weighted by Gasteiger charge is -2.33. The molecule has 0 bridgehead atoms. The lowest BCUT2D eigenvalue weighted by molar-refractivity contribution is -0.118. The molecule has 1 aromatic heterocycles. The summed E-state index contributed by atoms with van der Waals surface area (Å²) >= 11 is 0. The molecule has 31 heavy (non-hydrogen) atoms. The summed E-state index contributed by atoms with van der Waals surface area (Å²) in [4.78, 5) is 20.7. The third kappa shape index (κ3) is 5.43. The van der Waals surface area contributed by atoms with Gasteiger partial charge >= 0.3 is 0 Å². The second-order valence-corrected chi connectivity index (χ2v) is 8.63. The van der Waals surface area contributed by atoms with Crippen LogP contribution in [0.3, 0.4) is 0 Å². The lowest BCUT2D eigenvalue weighted by Crippen LogP contribution is -2.38. The maximum atomic E-state index is 12.2. The van der Waals surface area contributed by atoms with Crippen LogP contribution in [0, 0.1) is 5.92 Å². The summed E-state index contributed by atoms with van der Waals surface area (Å²) in [7, 11) is 0. The van der Waals surface area contributed by atoms with Crippen molar-refractivity contribution >= 4 is 11.6 Å². The predicted molar refractivity (Wildman–Crippen MR) is 121 cm³/mol. The van der Waals surface area contributed by atoms with E-state index < -0.39 is 6.10 Å². The molecule has 3 heterocycles. The molecule has 0 unspecified atom stereocenters. The van der Waals surface area contributed by atoms with Crippen LogP contribution in [0.1, 0.15) is 49.8 Å². The van der Waals surface area contributed by atoms with E-state index in [9.17, 15) is 9.90 Å². The summed E-state index contributed by atoms with van der Waals surface area (Å²) in [5.74, 6) is 1.39. The van der Waals surface area contributed by atoms with Gasteiger partial charge in [0.15, 0.2) is 0 Å². The third-order valence-corrected chi connectivity index (χ3v) is 6.45. The van der Waals surface area contributed by atoms with Crippen molar-refractivity contribution in [2.45, 2.75) is 45.1 Å². The number of aromatic nitrogens is 1.